The predicted octanol–water partition coefficient (Wildman–Crippen LogP) is -0.626. The fourth-order valence-electron chi connectivity index (χ4n) is 1.18. The third-order valence-corrected chi connectivity index (χ3v) is 1.79. The van der Waals surface area contributed by atoms with Gasteiger partial charge in [-0.25, -0.2) is 0 Å². The van der Waals surface area contributed by atoms with Gasteiger partial charge in [-0.05, 0) is 0 Å². The Labute approximate surface area is 64.8 Å². The summed E-state index contributed by atoms with van der Waals surface area (Å²) in [5, 5.41) is 8.50. The number of aliphatic hydroxyl groups excluding tert-OH is 1. The largest absolute Gasteiger partial charge is 0.395 e. The molecule has 1 saturated heterocycles. The molecule has 1 fully saturated rings. The lowest BCUT2D eigenvalue weighted by Gasteiger charge is -2.11. The molecular formula is C7H11NO3. The molecule has 1 rings (SSSR count). The normalized spacial score (nSPS) is 24.9. The minimum Gasteiger partial charge on any atom is -0.395 e. The number of imide groups is 1. The molecule has 1 atom stereocenters. The Bertz CT molecular complexity index is 190. The number of likely N-dealkylation sites (tertiary alicyclic amines) is 1. The third kappa shape index (κ3) is 1.40. The summed E-state index contributed by atoms with van der Waals surface area (Å²) in [6.07, 6.45) is 0.291. The molecule has 11 heavy (non-hydrogen) atoms. The van der Waals surface area contributed by atoms with E-state index < -0.39 is 0 Å². The van der Waals surface area contributed by atoms with E-state index in [1.54, 1.807) is 6.92 Å². The van der Waals surface area contributed by atoms with Crippen LogP contribution in [-0.2, 0) is 9.59 Å². The highest BCUT2D eigenvalue weighted by Crippen LogP contribution is 2.17. The SMILES string of the molecule is CC1CC(=O)N(CCO)C1=O. The molecule has 1 N–H and O–H groups in total. The molecule has 1 aliphatic rings. The smallest absolute Gasteiger partial charge is 0.232 e. The van der Waals surface area contributed by atoms with Crippen molar-refractivity contribution in [2.75, 3.05) is 13.2 Å². The number of β-amino-alcohol motifs (C(OH)–C–C–N with tert-alkyl or cyclic N) is 1. The zero-order chi connectivity index (χ0) is 8.43. The van der Waals surface area contributed by atoms with E-state index in [4.69, 9.17) is 5.11 Å². The molecule has 62 valence electrons. The van der Waals surface area contributed by atoms with Gasteiger partial charge < -0.3 is 5.11 Å². The lowest BCUT2D eigenvalue weighted by atomic mass is 10.1. The zero-order valence-corrected chi connectivity index (χ0v) is 6.41. The Balaban J connectivity index is 2.64. The first-order valence-electron chi connectivity index (χ1n) is 3.62. The molecule has 1 unspecified atom stereocenters. The van der Waals surface area contributed by atoms with Crippen LogP contribution in [0.1, 0.15) is 13.3 Å². The second-order valence-electron chi connectivity index (χ2n) is 2.71. The van der Waals surface area contributed by atoms with Gasteiger partial charge >= 0.3 is 0 Å². The van der Waals surface area contributed by atoms with Crippen LogP contribution in [0, 0.1) is 5.92 Å². The average Bonchev–Trinajstić information content (AvgIpc) is 2.17. The van der Waals surface area contributed by atoms with E-state index in [1.807, 2.05) is 0 Å². The van der Waals surface area contributed by atoms with Crippen molar-refractivity contribution in [3.63, 3.8) is 0 Å². The molecule has 0 aromatic carbocycles. The highest BCUT2D eigenvalue weighted by Gasteiger charge is 2.34. The Hall–Kier alpha value is -0.900. The number of carbonyl (C=O) groups excluding carboxylic acids is 2. The van der Waals surface area contributed by atoms with E-state index in [9.17, 15) is 9.59 Å². The maximum atomic E-state index is 11.1. The number of hydrogen-bond donors (Lipinski definition) is 1. The average molecular weight is 157 g/mol. The summed E-state index contributed by atoms with van der Waals surface area (Å²) in [5.41, 5.74) is 0. The molecule has 0 aliphatic carbocycles. The van der Waals surface area contributed by atoms with E-state index in [-0.39, 0.29) is 30.9 Å². The Morgan fingerprint density at radius 2 is 2.27 bits per heavy atom. The van der Waals surface area contributed by atoms with Crippen molar-refractivity contribution in [2.45, 2.75) is 13.3 Å². The van der Waals surface area contributed by atoms with Gasteiger partial charge in [-0.2, -0.15) is 0 Å². The van der Waals surface area contributed by atoms with Crippen molar-refractivity contribution < 1.29 is 14.7 Å². The molecule has 0 bridgehead atoms. The van der Waals surface area contributed by atoms with Crippen molar-refractivity contribution in [2.24, 2.45) is 5.92 Å². The Morgan fingerprint density at radius 1 is 1.64 bits per heavy atom. The minimum absolute atomic E-state index is 0.141. The van der Waals surface area contributed by atoms with E-state index in [1.165, 1.54) is 0 Å². The summed E-state index contributed by atoms with van der Waals surface area (Å²) >= 11 is 0. The predicted molar refractivity (Wildman–Crippen MR) is 37.6 cm³/mol. The van der Waals surface area contributed by atoms with Gasteiger partial charge in [0.1, 0.15) is 0 Å². The first-order chi connectivity index (χ1) is 5.16. The van der Waals surface area contributed by atoms with Crippen LogP contribution < -0.4 is 0 Å². The van der Waals surface area contributed by atoms with Gasteiger partial charge in [0.05, 0.1) is 13.2 Å². The van der Waals surface area contributed by atoms with Crippen LogP contribution in [-0.4, -0.2) is 35.0 Å². The van der Waals surface area contributed by atoms with Crippen LogP contribution in [0.5, 0.6) is 0 Å². The lowest BCUT2D eigenvalue weighted by molar-refractivity contribution is -0.139. The number of rotatable bonds is 2. The summed E-state index contributed by atoms with van der Waals surface area (Å²) in [5.74, 6) is -0.533. The van der Waals surface area contributed by atoms with E-state index in [2.05, 4.69) is 0 Å². The van der Waals surface area contributed by atoms with Gasteiger partial charge in [0.15, 0.2) is 0 Å². The molecule has 1 heterocycles. The summed E-state index contributed by atoms with van der Waals surface area (Å²) < 4.78 is 0. The van der Waals surface area contributed by atoms with Gasteiger partial charge in [-0.15, -0.1) is 0 Å². The molecule has 2 amide bonds. The quantitative estimate of drug-likeness (QED) is 0.543. The molecule has 0 spiro atoms. The molecule has 0 saturated carbocycles. The highest BCUT2D eigenvalue weighted by molar-refractivity contribution is 6.03. The summed E-state index contributed by atoms with van der Waals surface area (Å²) in [6, 6.07) is 0. The Kier molecular flexibility index (Phi) is 2.24. The lowest BCUT2D eigenvalue weighted by Crippen LogP contribution is -2.32. The standard InChI is InChI=1S/C7H11NO3/c1-5-4-6(10)8(2-3-9)7(5)11/h5,9H,2-4H2,1H3. The molecular weight excluding hydrogens is 146 g/mol. The number of carbonyl (C=O) groups is 2. The van der Waals surface area contributed by atoms with Crippen molar-refractivity contribution >= 4 is 11.8 Å². The maximum Gasteiger partial charge on any atom is 0.232 e. The van der Waals surface area contributed by atoms with E-state index >= 15 is 0 Å². The number of nitrogens with zero attached hydrogens (tertiary/aromatic N) is 1. The molecule has 0 radical (unpaired) electrons. The summed E-state index contributed by atoms with van der Waals surface area (Å²) in [7, 11) is 0. The second-order valence-corrected chi connectivity index (χ2v) is 2.71. The fraction of sp³-hybridized carbons (Fsp3) is 0.714. The first-order valence-corrected chi connectivity index (χ1v) is 3.62. The van der Waals surface area contributed by atoms with Gasteiger partial charge in [0, 0.05) is 12.3 Å². The number of amides is 2. The van der Waals surface area contributed by atoms with Crippen molar-refractivity contribution in [3.05, 3.63) is 0 Å². The minimum atomic E-state index is -0.200. The van der Waals surface area contributed by atoms with Crippen molar-refractivity contribution in [3.8, 4) is 0 Å². The first kappa shape index (κ1) is 8.20. The van der Waals surface area contributed by atoms with Gasteiger partial charge in [-0.3, -0.25) is 14.5 Å². The third-order valence-electron chi connectivity index (χ3n) is 1.79. The van der Waals surface area contributed by atoms with Crippen LogP contribution >= 0.6 is 0 Å². The maximum absolute atomic E-state index is 11.1. The van der Waals surface area contributed by atoms with Gasteiger partial charge in [0.25, 0.3) is 0 Å². The highest BCUT2D eigenvalue weighted by atomic mass is 16.3. The van der Waals surface area contributed by atoms with Gasteiger partial charge in [0.2, 0.25) is 11.8 Å². The number of aliphatic hydroxyl groups is 1. The Morgan fingerprint density at radius 3 is 2.64 bits per heavy atom. The van der Waals surface area contributed by atoms with Crippen LogP contribution in [0.2, 0.25) is 0 Å². The molecule has 1 aliphatic heterocycles. The molecule has 0 aromatic rings. The van der Waals surface area contributed by atoms with Crippen LogP contribution in [0.15, 0.2) is 0 Å². The monoisotopic (exact) mass is 157 g/mol. The van der Waals surface area contributed by atoms with Crippen LogP contribution in [0.25, 0.3) is 0 Å². The second kappa shape index (κ2) is 3.00. The molecule has 4 nitrogen and oxygen atoms in total. The van der Waals surface area contributed by atoms with Crippen molar-refractivity contribution in [1.82, 2.24) is 4.90 Å². The van der Waals surface area contributed by atoms with Crippen LogP contribution in [0.4, 0.5) is 0 Å². The topological polar surface area (TPSA) is 57.6 Å². The van der Waals surface area contributed by atoms with E-state index in [0.29, 0.717) is 6.42 Å². The van der Waals surface area contributed by atoms with Gasteiger partial charge in [-0.1, -0.05) is 6.92 Å². The zero-order valence-electron chi connectivity index (χ0n) is 6.41. The molecule has 0 aromatic heterocycles. The molecule has 4 heteroatoms. The summed E-state index contributed by atoms with van der Waals surface area (Å²) in [4.78, 5) is 23.2. The summed E-state index contributed by atoms with van der Waals surface area (Å²) in [6.45, 7) is 1.71. The van der Waals surface area contributed by atoms with Crippen LogP contribution in [0.3, 0.4) is 0 Å². The van der Waals surface area contributed by atoms with Crippen molar-refractivity contribution in [1.29, 1.82) is 0 Å². The fourth-order valence-corrected chi connectivity index (χ4v) is 1.18. The van der Waals surface area contributed by atoms with E-state index in [0.717, 1.165) is 4.90 Å². The number of hydrogen-bond acceptors (Lipinski definition) is 3.